The van der Waals surface area contributed by atoms with Crippen LogP contribution in [0.1, 0.15) is 26.3 Å². The molecular formula is C22H14N2O3. The molecule has 130 valence electrons. The largest absolute Gasteiger partial charge is 0.436 e. The number of amides is 2. The molecule has 2 amide bonds. The van der Waals surface area contributed by atoms with Gasteiger partial charge in [-0.1, -0.05) is 29.8 Å². The summed E-state index contributed by atoms with van der Waals surface area (Å²) in [5.41, 5.74) is 4.50. The summed E-state index contributed by atoms with van der Waals surface area (Å²) < 4.78 is 5.90. The van der Waals surface area contributed by atoms with Gasteiger partial charge in [0.05, 0.1) is 16.8 Å². The molecule has 0 aliphatic carbocycles. The summed E-state index contributed by atoms with van der Waals surface area (Å²) >= 11 is 0. The number of aryl methyl sites for hydroxylation is 1. The van der Waals surface area contributed by atoms with Crippen LogP contribution in [0.4, 0.5) is 5.69 Å². The van der Waals surface area contributed by atoms with Crippen molar-refractivity contribution in [2.75, 3.05) is 4.90 Å². The average Bonchev–Trinajstić information content (AvgIpc) is 3.21. The van der Waals surface area contributed by atoms with Crippen LogP contribution in [-0.2, 0) is 0 Å². The van der Waals surface area contributed by atoms with Crippen molar-refractivity contribution in [2.24, 2.45) is 0 Å². The van der Waals surface area contributed by atoms with Crippen LogP contribution >= 0.6 is 0 Å². The molecule has 0 N–H and O–H groups in total. The lowest BCUT2D eigenvalue weighted by Crippen LogP contribution is -2.29. The molecule has 1 aromatic heterocycles. The molecule has 1 aliphatic heterocycles. The minimum Gasteiger partial charge on any atom is -0.436 e. The number of hydrogen-bond acceptors (Lipinski definition) is 4. The molecule has 5 rings (SSSR count). The van der Waals surface area contributed by atoms with Crippen molar-refractivity contribution in [3.63, 3.8) is 0 Å². The number of carbonyl (C=O) groups is 2. The number of rotatable bonds is 2. The zero-order chi connectivity index (χ0) is 18.5. The van der Waals surface area contributed by atoms with Crippen LogP contribution in [0.15, 0.2) is 71.1 Å². The van der Waals surface area contributed by atoms with Gasteiger partial charge in [0.2, 0.25) is 5.89 Å². The lowest BCUT2D eigenvalue weighted by Gasteiger charge is -2.13. The van der Waals surface area contributed by atoms with Crippen LogP contribution in [0.2, 0.25) is 0 Å². The number of oxazole rings is 1. The Kier molecular flexibility index (Phi) is 3.24. The first-order valence-corrected chi connectivity index (χ1v) is 8.57. The summed E-state index contributed by atoms with van der Waals surface area (Å²) in [4.78, 5) is 31.0. The van der Waals surface area contributed by atoms with Gasteiger partial charge in [0, 0.05) is 11.6 Å². The molecule has 0 atom stereocenters. The van der Waals surface area contributed by atoms with Crippen LogP contribution in [0, 0.1) is 6.92 Å². The van der Waals surface area contributed by atoms with E-state index < -0.39 is 0 Å². The molecule has 5 nitrogen and oxygen atoms in total. The van der Waals surface area contributed by atoms with E-state index in [1.54, 1.807) is 42.5 Å². The van der Waals surface area contributed by atoms with Crippen LogP contribution in [0.5, 0.6) is 0 Å². The SMILES string of the molecule is Cc1cccc(-c2nc3ccc(N4C(=O)c5ccccc5C4=O)cc3o2)c1. The summed E-state index contributed by atoms with van der Waals surface area (Å²) in [6, 6.07) is 19.9. The van der Waals surface area contributed by atoms with E-state index in [1.807, 2.05) is 31.2 Å². The molecule has 1 aliphatic rings. The molecule has 5 heteroatoms. The highest BCUT2D eigenvalue weighted by molar-refractivity contribution is 6.34. The predicted octanol–water partition coefficient (Wildman–Crippen LogP) is 4.60. The Bertz CT molecular complexity index is 1200. The maximum Gasteiger partial charge on any atom is 0.266 e. The van der Waals surface area contributed by atoms with Crippen molar-refractivity contribution >= 4 is 28.6 Å². The monoisotopic (exact) mass is 354 g/mol. The Morgan fingerprint density at radius 1 is 0.852 bits per heavy atom. The van der Waals surface area contributed by atoms with Gasteiger partial charge in [-0.15, -0.1) is 0 Å². The maximum atomic E-state index is 12.7. The highest BCUT2D eigenvalue weighted by Crippen LogP contribution is 2.32. The van der Waals surface area contributed by atoms with Gasteiger partial charge in [-0.05, 0) is 43.3 Å². The van der Waals surface area contributed by atoms with E-state index in [0.717, 1.165) is 11.1 Å². The first-order valence-electron chi connectivity index (χ1n) is 8.57. The minimum absolute atomic E-state index is 0.326. The summed E-state index contributed by atoms with van der Waals surface area (Å²) in [5, 5.41) is 0. The number of hydrogen-bond donors (Lipinski definition) is 0. The van der Waals surface area contributed by atoms with Crippen molar-refractivity contribution in [2.45, 2.75) is 6.92 Å². The van der Waals surface area contributed by atoms with Crippen molar-refractivity contribution in [3.8, 4) is 11.5 Å². The Balaban J connectivity index is 1.58. The molecule has 27 heavy (non-hydrogen) atoms. The van der Waals surface area contributed by atoms with Crippen LogP contribution < -0.4 is 4.90 Å². The van der Waals surface area contributed by atoms with E-state index in [-0.39, 0.29) is 11.8 Å². The summed E-state index contributed by atoms with van der Waals surface area (Å²) in [7, 11) is 0. The molecule has 0 bridgehead atoms. The van der Waals surface area contributed by atoms with Crippen LogP contribution in [0.3, 0.4) is 0 Å². The Hall–Kier alpha value is -3.73. The van der Waals surface area contributed by atoms with Gasteiger partial charge in [0.25, 0.3) is 11.8 Å². The molecule has 3 aromatic carbocycles. The standard InChI is InChI=1S/C22H14N2O3/c1-13-5-4-6-14(11-13)20-23-18-10-9-15(12-19(18)27-20)24-21(25)16-7-2-3-8-17(16)22(24)26/h2-12H,1H3. The minimum atomic E-state index is -0.326. The van der Waals surface area contributed by atoms with Crippen molar-refractivity contribution in [3.05, 3.63) is 83.4 Å². The first kappa shape index (κ1) is 15.5. The summed E-state index contributed by atoms with van der Waals surface area (Å²) in [6.07, 6.45) is 0. The van der Waals surface area contributed by atoms with Crippen molar-refractivity contribution < 1.29 is 14.0 Å². The third-order valence-corrected chi connectivity index (χ3v) is 4.69. The zero-order valence-corrected chi connectivity index (χ0v) is 14.5. The number of anilines is 1. The number of carbonyl (C=O) groups excluding carboxylic acids is 2. The molecule has 0 fully saturated rings. The molecule has 4 aromatic rings. The van der Waals surface area contributed by atoms with E-state index in [9.17, 15) is 9.59 Å². The van der Waals surface area contributed by atoms with E-state index >= 15 is 0 Å². The summed E-state index contributed by atoms with van der Waals surface area (Å²) in [5.74, 6) is -0.144. The lowest BCUT2D eigenvalue weighted by molar-refractivity contribution is 0.0926. The van der Waals surface area contributed by atoms with Gasteiger partial charge in [0.15, 0.2) is 5.58 Å². The fourth-order valence-corrected chi connectivity index (χ4v) is 3.38. The van der Waals surface area contributed by atoms with Gasteiger partial charge in [-0.25, -0.2) is 9.88 Å². The second-order valence-electron chi connectivity index (χ2n) is 6.53. The highest BCUT2D eigenvalue weighted by atomic mass is 16.3. The predicted molar refractivity (Wildman–Crippen MR) is 102 cm³/mol. The molecule has 0 spiro atoms. The smallest absolute Gasteiger partial charge is 0.266 e. The molecule has 0 unspecified atom stereocenters. The summed E-state index contributed by atoms with van der Waals surface area (Å²) in [6.45, 7) is 2.01. The molecule has 0 saturated heterocycles. The highest BCUT2D eigenvalue weighted by Gasteiger charge is 2.36. The number of fused-ring (bicyclic) bond motifs is 2. The Labute approximate surface area is 154 Å². The second-order valence-corrected chi connectivity index (χ2v) is 6.53. The number of benzene rings is 3. The van der Waals surface area contributed by atoms with E-state index in [2.05, 4.69) is 4.98 Å². The van der Waals surface area contributed by atoms with Crippen LogP contribution in [-0.4, -0.2) is 16.8 Å². The fourth-order valence-electron chi connectivity index (χ4n) is 3.38. The Morgan fingerprint density at radius 3 is 2.30 bits per heavy atom. The molecule has 0 radical (unpaired) electrons. The number of nitrogens with zero attached hydrogens (tertiary/aromatic N) is 2. The van der Waals surface area contributed by atoms with Gasteiger partial charge >= 0.3 is 0 Å². The quantitative estimate of drug-likeness (QED) is 0.493. The number of imide groups is 1. The third-order valence-electron chi connectivity index (χ3n) is 4.69. The maximum absolute atomic E-state index is 12.7. The topological polar surface area (TPSA) is 63.4 Å². The Morgan fingerprint density at radius 2 is 1.59 bits per heavy atom. The van der Waals surface area contributed by atoms with Gasteiger partial charge in [-0.2, -0.15) is 0 Å². The van der Waals surface area contributed by atoms with Crippen molar-refractivity contribution in [1.29, 1.82) is 0 Å². The average molecular weight is 354 g/mol. The van der Waals surface area contributed by atoms with Gasteiger partial charge < -0.3 is 4.42 Å². The lowest BCUT2D eigenvalue weighted by atomic mass is 10.1. The van der Waals surface area contributed by atoms with Crippen molar-refractivity contribution in [1.82, 2.24) is 4.98 Å². The van der Waals surface area contributed by atoms with E-state index in [0.29, 0.717) is 33.8 Å². The zero-order valence-electron chi connectivity index (χ0n) is 14.5. The van der Waals surface area contributed by atoms with Crippen LogP contribution in [0.25, 0.3) is 22.6 Å². The second kappa shape index (κ2) is 5.64. The van der Waals surface area contributed by atoms with Gasteiger partial charge in [-0.3, -0.25) is 9.59 Å². The first-order chi connectivity index (χ1) is 13.1. The number of aromatic nitrogens is 1. The fraction of sp³-hybridized carbons (Fsp3) is 0.0455. The molecular weight excluding hydrogens is 340 g/mol. The normalized spacial score (nSPS) is 13.4. The van der Waals surface area contributed by atoms with E-state index in [4.69, 9.17) is 4.42 Å². The van der Waals surface area contributed by atoms with Gasteiger partial charge in [0.1, 0.15) is 5.52 Å². The molecule has 0 saturated carbocycles. The van der Waals surface area contributed by atoms with E-state index in [1.165, 1.54) is 4.90 Å². The molecule has 2 heterocycles. The third kappa shape index (κ3) is 2.36.